The molecule has 0 radical (unpaired) electrons. The molecule has 0 heterocycles. The summed E-state index contributed by atoms with van der Waals surface area (Å²) in [7, 11) is 0. The molecule has 1 aliphatic carbocycles. The Morgan fingerprint density at radius 1 is 1.45 bits per heavy atom. The summed E-state index contributed by atoms with van der Waals surface area (Å²) >= 11 is 0. The van der Waals surface area contributed by atoms with Crippen molar-refractivity contribution >= 4 is 5.91 Å². The highest BCUT2D eigenvalue weighted by atomic mass is 16.1. The van der Waals surface area contributed by atoms with Crippen molar-refractivity contribution in [3.05, 3.63) is 0 Å². The van der Waals surface area contributed by atoms with E-state index in [9.17, 15) is 4.79 Å². The molecular formula is C9H18NO+. The lowest BCUT2D eigenvalue weighted by Gasteiger charge is -2.12. The van der Waals surface area contributed by atoms with Crippen molar-refractivity contribution in [2.75, 3.05) is 0 Å². The molecule has 2 heteroatoms. The summed E-state index contributed by atoms with van der Waals surface area (Å²) in [5.41, 5.74) is 3.48. The fraction of sp³-hybridized carbons (Fsp3) is 0.889. The van der Waals surface area contributed by atoms with Crippen LogP contribution in [0.5, 0.6) is 0 Å². The average Bonchev–Trinajstić information content (AvgIpc) is 2.33. The van der Waals surface area contributed by atoms with Crippen molar-refractivity contribution in [2.45, 2.75) is 33.1 Å². The summed E-state index contributed by atoms with van der Waals surface area (Å²) in [4.78, 5) is 10.9. The van der Waals surface area contributed by atoms with Crippen LogP contribution in [0, 0.1) is 17.8 Å². The summed E-state index contributed by atoms with van der Waals surface area (Å²) < 4.78 is 0. The van der Waals surface area contributed by atoms with Gasteiger partial charge >= 0.3 is 5.91 Å². The summed E-state index contributed by atoms with van der Waals surface area (Å²) in [5, 5.41) is 0. The molecule has 0 aliphatic heterocycles. The molecule has 1 saturated carbocycles. The molecule has 0 aromatic heterocycles. The second-order valence-electron chi connectivity index (χ2n) is 3.98. The maximum Gasteiger partial charge on any atom is 0.311 e. The molecular weight excluding hydrogens is 138 g/mol. The van der Waals surface area contributed by atoms with Crippen LogP contribution in [0.25, 0.3) is 0 Å². The van der Waals surface area contributed by atoms with Gasteiger partial charge in [0.1, 0.15) is 0 Å². The van der Waals surface area contributed by atoms with Crippen LogP contribution in [-0.4, -0.2) is 5.91 Å². The molecule has 64 valence electrons. The largest absolute Gasteiger partial charge is 0.311 e. The quantitative estimate of drug-likeness (QED) is 0.632. The molecule has 1 fully saturated rings. The maximum absolute atomic E-state index is 10.9. The Balaban J connectivity index is 2.41. The van der Waals surface area contributed by atoms with E-state index < -0.39 is 0 Å². The standard InChI is InChI=1S/C9H17NO/c1-6(2)7-3-4-8(5-7)9(10)11/h6-8H,3-5H2,1-2H3,(H2,10,11)/p+1. The SMILES string of the molecule is CC(C)C1CCC(C([NH3+])=O)C1. The predicted molar refractivity (Wildman–Crippen MR) is 43.6 cm³/mol. The van der Waals surface area contributed by atoms with E-state index in [1.807, 2.05) is 0 Å². The number of rotatable bonds is 2. The second kappa shape index (κ2) is 3.35. The Bertz CT molecular complexity index is 154. The predicted octanol–water partition coefficient (Wildman–Crippen LogP) is 0.827. The van der Waals surface area contributed by atoms with Crippen LogP contribution in [0.2, 0.25) is 0 Å². The van der Waals surface area contributed by atoms with Gasteiger partial charge in [-0.2, -0.15) is 0 Å². The van der Waals surface area contributed by atoms with Gasteiger partial charge in [-0.15, -0.1) is 0 Å². The third-order valence-electron chi connectivity index (χ3n) is 2.87. The zero-order valence-corrected chi connectivity index (χ0v) is 7.47. The minimum atomic E-state index is 0.146. The fourth-order valence-corrected chi connectivity index (χ4v) is 1.91. The van der Waals surface area contributed by atoms with Gasteiger partial charge < -0.3 is 0 Å². The first-order valence-electron chi connectivity index (χ1n) is 4.47. The van der Waals surface area contributed by atoms with E-state index in [-0.39, 0.29) is 11.8 Å². The smallest absolute Gasteiger partial charge is 0.294 e. The van der Waals surface area contributed by atoms with E-state index in [1.165, 1.54) is 6.42 Å². The van der Waals surface area contributed by atoms with Gasteiger partial charge in [0.25, 0.3) is 0 Å². The molecule has 1 amide bonds. The molecule has 0 aromatic carbocycles. The lowest BCUT2D eigenvalue weighted by molar-refractivity contribution is -0.311. The van der Waals surface area contributed by atoms with Gasteiger partial charge in [0.05, 0.1) is 5.92 Å². The van der Waals surface area contributed by atoms with Crippen molar-refractivity contribution in [1.29, 1.82) is 0 Å². The van der Waals surface area contributed by atoms with E-state index >= 15 is 0 Å². The lowest BCUT2D eigenvalue weighted by Crippen LogP contribution is -2.59. The number of carbonyl (C=O) groups excluding carboxylic acids is 1. The third-order valence-corrected chi connectivity index (χ3v) is 2.87. The minimum absolute atomic E-state index is 0.146. The monoisotopic (exact) mass is 156 g/mol. The Morgan fingerprint density at radius 3 is 2.36 bits per heavy atom. The van der Waals surface area contributed by atoms with Crippen LogP contribution in [0.1, 0.15) is 33.1 Å². The number of hydrogen-bond donors (Lipinski definition) is 1. The van der Waals surface area contributed by atoms with Crippen LogP contribution in [0.4, 0.5) is 0 Å². The van der Waals surface area contributed by atoms with Crippen LogP contribution < -0.4 is 5.73 Å². The van der Waals surface area contributed by atoms with Crippen molar-refractivity contribution < 1.29 is 10.5 Å². The van der Waals surface area contributed by atoms with Gasteiger partial charge in [-0.1, -0.05) is 13.8 Å². The molecule has 0 bridgehead atoms. The van der Waals surface area contributed by atoms with Gasteiger partial charge in [0, 0.05) is 0 Å². The van der Waals surface area contributed by atoms with Gasteiger partial charge in [-0.3, -0.25) is 5.73 Å². The van der Waals surface area contributed by atoms with Gasteiger partial charge in [0.2, 0.25) is 0 Å². The lowest BCUT2D eigenvalue weighted by atomic mass is 9.93. The number of carbonyl (C=O) groups is 1. The number of amides is 1. The Labute approximate surface area is 68.2 Å². The second-order valence-corrected chi connectivity index (χ2v) is 3.98. The van der Waals surface area contributed by atoms with Gasteiger partial charge in [-0.05, 0) is 31.1 Å². The van der Waals surface area contributed by atoms with Crippen LogP contribution in [0.3, 0.4) is 0 Å². The van der Waals surface area contributed by atoms with Gasteiger partial charge in [0.15, 0.2) is 0 Å². The molecule has 0 saturated heterocycles. The average molecular weight is 156 g/mol. The van der Waals surface area contributed by atoms with E-state index in [2.05, 4.69) is 19.6 Å². The molecule has 1 aliphatic rings. The topological polar surface area (TPSA) is 44.7 Å². The molecule has 0 aromatic rings. The fourth-order valence-electron chi connectivity index (χ4n) is 1.91. The molecule has 11 heavy (non-hydrogen) atoms. The van der Waals surface area contributed by atoms with Crippen LogP contribution in [0.15, 0.2) is 0 Å². The normalized spacial score (nSPS) is 31.3. The summed E-state index contributed by atoms with van der Waals surface area (Å²) in [6, 6.07) is 0. The van der Waals surface area contributed by atoms with E-state index in [0.29, 0.717) is 0 Å². The zero-order chi connectivity index (χ0) is 8.43. The Hall–Kier alpha value is -0.370. The molecule has 3 N–H and O–H groups in total. The first kappa shape index (κ1) is 8.72. The van der Waals surface area contributed by atoms with Crippen LogP contribution in [-0.2, 0) is 4.79 Å². The highest BCUT2D eigenvalue weighted by Crippen LogP contribution is 2.34. The maximum atomic E-state index is 10.9. The van der Waals surface area contributed by atoms with E-state index in [1.54, 1.807) is 0 Å². The van der Waals surface area contributed by atoms with Crippen molar-refractivity contribution in [3.63, 3.8) is 0 Å². The zero-order valence-electron chi connectivity index (χ0n) is 7.47. The highest BCUT2D eigenvalue weighted by molar-refractivity contribution is 5.67. The molecule has 2 atom stereocenters. The van der Waals surface area contributed by atoms with Crippen molar-refractivity contribution in [2.24, 2.45) is 17.8 Å². The van der Waals surface area contributed by atoms with E-state index in [4.69, 9.17) is 0 Å². The minimum Gasteiger partial charge on any atom is -0.294 e. The number of hydrogen-bond acceptors (Lipinski definition) is 1. The molecule has 1 rings (SSSR count). The molecule has 0 spiro atoms. The summed E-state index contributed by atoms with van der Waals surface area (Å²) in [6.07, 6.45) is 3.38. The molecule has 2 unspecified atom stereocenters. The summed E-state index contributed by atoms with van der Waals surface area (Å²) in [5.74, 6) is 1.93. The highest BCUT2D eigenvalue weighted by Gasteiger charge is 2.31. The van der Waals surface area contributed by atoms with Gasteiger partial charge in [-0.25, -0.2) is 4.79 Å². The Morgan fingerprint density at radius 2 is 2.09 bits per heavy atom. The molecule has 2 nitrogen and oxygen atoms in total. The number of quaternary nitrogens is 1. The van der Waals surface area contributed by atoms with Crippen molar-refractivity contribution in [1.82, 2.24) is 0 Å². The van der Waals surface area contributed by atoms with Crippen molar-refractivity contribution in [3.8, 4) is 0 Å². The van der Waals surface area contributed by atoms with Crippen LogP contribution >= 0.6 is 0 Å². The Kier molecular flexibility index (Phi) is 2.66. The first-order chi connectivity index (χ1) is 5.11. The van der Waals surface area contributed by atoms with E-state index in [0.717, 1.165) is 24.7 Å². The summed E-state index contributed by atoms with van der Waals surface area (Å²) in [6.45, 7) is 4.47. The third kappa shape index (κ3) is 2.03. The first-order valence-corrected chi connectivity index (χ1v) is 4.47.